The second-order valence-electron chi connectivity index (χ2n) is 6.70. The van der Waals surface area contributed by atoms with Crippen LogP contribution in [0.3, 0.4) is 0 Å². The van der Waals surface area contributed by atoms with E-state index in [2.05, 4.69) is 10.6 Å². The van der Waals surface area contributed by atoms with Gasteiger partial charge in [-0.2, -0.15) is 0 Å². The second-order valence-corrected chi connectivity index (χ2v) is 6.70. The third-order valence-corrected chi connectivity index (χ3v) is 4.94. The minimum atomic E-state index is -0.459. The maximum atomic E-state index is 13.2. The third-order valence-electron chi connectivity index (χ3n) is 4.94. The molecular weight excluding hydrogens is 340 g/mol. The van der Waals surface area contributed by atoms with Gasteiger partial charge in [0.1, 0.15) is 11.5 Å². The number of hydrogen-bond acceptors (Lipinski definition) is 3. The first kappa shape index (κ1) is 15.6. The normalized spacial score (nSPS) is 14.4. The van der Waals surface area contributed by atoms with Crippen LogP contribution in [0.5, 0.6) is 11.5 Å². The first-order valence-electron chi connectivity index (χ1n) is 8.78. The van der Waals surface area contributed by atoms with Gasteiger partial charge in [0.15, 0.2) is 0 Å². The molecule has 0 saturated carbocycles. The average Bonchev–Trinajstić information content (AvgIpc) is 3.05. The maximum Gasteiger partial charge on any atom is 0.236 e. The lowest BCUT2D eigenvalue weighted by molar-refractivity contribution is -0.117. The van der Waals surface area contributed by atoms with Gasteiger partial charge in [-0.25, -0.2) is 0 Å². The first-order valence-corrected chi connectivity index (χ1v) is 8.78. The molecule has 2 amide bonds. The van der Waals surface area contributed by atoms with E-state index in [-0.39, 0.29) is 11.8 Å². The lowest BCUT2D eigenvalue weighted by Crippen LogP contribution is -2.25. The highest BCUT2D eigenvalue weighted by molar-refractivity contribution is 6.02. The van der Waals surface area contributed by atoms with Crippen LogP contribution in [0.25, 0.3) is 0 Å². The van der Waals surface area contributed by atoms with Crippen LogP contribution in [0.1, 0.15) is 22.6 Å². The predicted molar refractivity (Wildman–Crippen MR) is 102 cm³/mol. The van der Waals surface area contributed by atoms with Gasteiger partial charge < -0.3 is 15.4 Å². The highest BCUT2D eigenvalue weighted by Gasteiger charge is 2.32. The molecule has 0 fully saturated rings. The van der Waals surface area contributed by atoms with E-state index >= 15 is 0 Å². The Morgan fingerprint density at radius 1 is 0.963 bits per heavy atom. The summed E-state index contributed by atoms with van der Waals surface area (Å²) < 4.78 is 5.95. The van der Waals surface area contributed by atoms with Gasteiger partial charge in [-0.3, -0.25) is 9.59 Å². The van der Waals surface area contributed by atoms with Crippen molar-refractivity contribution in [2.75, 3.05) is 10.6 Å². The topological polar surface area (TPSA) is 67.4 Å². The molecule has 0 radical (unpaired) electrons. The number of carbonyl (C=O) groups excluding carboxylic acids is 2. The molecule has 2 heterocycles. The van der Waals surface area contributed by atoms with Crippen molar-refractivity contribution in [2.24, 2.45) is 0 Å². The highest BCUT2D eigenvalue weighted by atomic mass is 16.5. The molecule has 3 aromatic rings. The van der Waals surface area contributed by atoms with E-state index in [1.807, 2.05) is 60.7 Å². The van der Waals surface area contributed by atoms with Crippen molar-refractivity contribution in [1.82, 2.24) is 0 Å². The van der Waals surface area contributed by atoms with Gasteiger partial charge in [0.25, 0.3) is 0 Å². The van der Waals surface area contributed by atoms with Crippen molar-refractivity contribution in [2.45, 2.75) is 12.3 Å². The number of carbonyl (C=O) groups is 2. The van der Waals surface area contributed by atoms with Gasteiger partial charge in [-0.05, 0) is 35.9 Å². The smallest absolute Gasteiger partial charge is 0.236 e. The summed E-state index contributed by atoms with van der Waals surface area (Å²) in [7, 11) is 0. The molecule has 27 heavy (non-hydrogen) atoms. The van der Waals surface area contributed by atoms with Crippen LogP contribution >= 0.6 is 0 Å². The van der Waals surface area contributed by atoms with Crippen molar-refractivity contribution in [1.29, 1.82) is 0 Å². The Morgan fingerprint density at radius 3 is 2.33 bits per heavy atom. The van der Waals surface area contributed by atoms with Crippen LogP contribution < -0.4 is 15.4 Å². The van der Waals surface area contributed by atoms with E-state index in [4.69, 9.17) is 4.74 Å². The Bertz CT molecular complexity index is 1040. The molecule has 2 N–H and O–H groups in total. The average molecular weight is 356 g/mol. The van der Waals surface area contributed by atoms with Crippen molar-refractivity contribution in [3.8, 4) is 11.5 Å². The molecule has 5 nitrogen and oxygen atoms in total. The number of ether oxygens (including phenoxy) is 1. The number of hydrogen-bond donors (Lipinski definition) is 2. The minimum Gasteiger partial charge on any atom is -0.457 e. The molecule has 5 heteroatoms. The van der Waals surface area contributed by atoms with E-state index in [1.54, 1.807) is 6.07 Å². The molecule has 0 bridgehead atoms. The Labute approximate surface area is 156 Å². The summed E-state index contributed by atoms with van der Waals surface area (Å²) in [5, 5.41) is 5.80. The first-order chi connectivity index (χ1) is 13.2. The molecule has 132 valence electrons. The molecule has 0 unspecified atom stereocenters. The zero-order valence-corrected chi connectivity index (χ0v) is 14.4. The predicted octanol–water partition coefficient (Wildman–Crippen LogP) is 4.06. The van der Waals surface area contributed by atoms with Crippen LogP contribution in [0.2, 0.25) is 0 Å². The van der Waals surface area contributed by atoms with Crippen molar-refractivity contribution in [3.63, 3.8) is 0 Å². The number of nitrogens with one attached hydrogen (secondary N) is 2. The summed E-state index contributed by atoms with van der Waals surface area (Å²) in [5.41, 5.74) is 4.06. The molecule has 2 aliphatic heterocycles. The summed E-state index contributed by atoms with van der Waals surface area (Å²) in [6.07, 6.45) is 0.335. The molecule has 3 aromatic carbocycles. The standard InChI is InChI=1S/C22H16N2O3/c25-20-12-13-11-14(9-10-17(13)24-20)23-22(26)21-15-5-1-3-7-18(15)27-19-8-4-2-6-16(19)21/h1-11,21H,12H2,(H,23,26)(H,24,25). The van der Waals surface area contributed by atoms with Gasteiger partial charge in [0.05, 0.1) is 12.3 Å². The molecule has 5 rings (SSSR count). The Hall–Kier alpha value is -3.60. The Balaban J connectivity index is 1.50. The van der Waals surface area contributed by atoms with Crippen LogP contribution in [0.15, 0.2) is 66.7 Å². The number of benzene rings is 3. The fraction of sp³-hybridized carbons (Fsp3) is 0.0909. The van der Waals surface area contributed by atoms with Gasteiger partial charge in [-0.15, -0.1) is 0 Å². The summed E-state index contributed by atoms with van der Waals surface area (Å²) in [6, 6.07) is 20.7. The zero-order chi connectivity index (χ0) is 18.4. The lowest BCUT2D eigenvalue weighted by Gasteiger charge is -2.27. The Kier molecular flexibility index (Phi) is 3.47. The lowest BCUT2D eigenvalue weighted by atomic mass is 9.87. The third kappa shape index (κ3) is 2.64. The van der Waals surface area contributed by atoms with Crippen molar-refractivity contribution < 1.29 is 14.3 Å². The summed E-state index contributed by atoms with van der Waals surface area (Å²) in [4.78, 5) is 24.8. The number of para-hydroxylation sites is 2. The molecule has 0 atom stereocenters. The van der Waals surface area contributed by atoms with Gasteiger partial charge in [0, 0.05) is 22.5 Å². The van der Waals surface area contributed by atoms with E-state index in [0.717, 1.165) is 22.4 Å². The van der Waals surface area contributed by atoms with Crippen molar-refractivity contribution >= 4 is 23.2 Å². The van der Waals surface area contributed by atoms with Crippen LogP contribution in [0, 0.1) is 0 Å². The second kappa shape index (κ2) is 5.99. The van der Waals surface area contributed by atoms with Gasteiger partial charge in [0.2, 0.25) is 11.8 Å². The van der Waals surface area contributed by atoms with Crippen molar-refractivity contribution in [3.05, 3.63) is 83.4 Å². The monoisotopic (exact) mass is 356 g/mol. The fourth-order valence-corrected chi connectivity index (χ4v) is 3.71. The maximum absolute atomic E-state index is 13.2. The quantitative estimate of drug-likeness (QED) is 0.728. The van der Waals surface area contributed by atoms with E-state index in [9.17, 15) is 9.59 Å². The van der Waals surface area contributed by atoms with E-state index in [1.165, 1.54) is 0 Å². The zero-order valence-electron chi connectivity index (χ0n) is 14.4. The van der Waals surface area contributed by atoms with Gasteiger partial charge in [-0.1, -0.05) is 36.4 Å². The number of fused-ring (bicyclic) bond motifs is 3. The van der Waals surface area contributed by atoms with Crippen LogP contribution in [-0.2, 0) is 16.0 Å². The molecule has 0 saturated heterocycles. The van der Waals surface area contributed by atoms with E-state index < -0.39 is 5.92 Å². The number of amides is 2. The minimum absolute atomic E-state index is 0.0271. The fourth-order valence-electron chi connectivity index (χ4n) is 3.71. The highest BCUT2D eigenvalue weighted by Crippen LogP contribution is 2.44. The SMILES string of the molecule is O=C1Cc2cc(NC(=O)C3c4ccccc4Oc4ccccc43)ccc2N1. The molecule has 0 aromatic heterocycles. The molecule has 0 aliphatic carbocycles. The Morgan fingerprint density at radius 2 is 1.63 bits per heavy atom. The molecule has 2 aliphatic rings. The largest absolute Gasteiger partial charge is 0.457 e. The van der Waals surface area contributed by atoms with Crippen LogP contribution in [0.4, 0.5) is 11.4 Å². The van der Waals surface area contributed by atoms with Crippen LogP contribution in [-0.4, -0.2) is 11.8 Å². The van der Waals surface area contributed by atoms with E-state index in [0.29, 0.717) is 23.6 Å². The van der Waals surface area contributed by atoms with Gasteiger partial charge >= 0.3 is 0 Å². The number of rotatable bonds is 2. The molecule has 0 spiro atoms. The summed E-state index contributed by atoms with van der Waals surface area (Å²) >= 11 is 0. The summed E-state index contributed by atoms with van der Waals surface area (Å²) in [6.45, 7) is 0. The molecular formula is C22H16N2O3. The number of anilines is 2. The summed E-state index contributed by atoms with van der Waals surface area (Å²) in [5.74, 6) is 0.774.